The number of carbonyl (C=O) groups excluding carboxylic acids is 1. The molecular weight excluding hydrogens is 348 g/mol. The molecule has 0 radical (unpaired) electrons. The highest BCUT2D eigenvalue weighted by atomic mass is 35.5. The van der Waals surface area contributed by atoms with Crippen molar-refractivity contribution in [2.75, 3.05) is 19.5 Å². The second-order valence-corrected chi connectivity index (χ2v) is 5.57. The minimum atomic E-state index is -0.546. The molecule has 0 saturated carbocycles. The van der Waals surface area contributed by atoms with E-state index in [4.69, 9.17) is 21.1 Å². The molecule has 0 aliphatic rings. The Bertz CT molecular complexity index is 795. The van der Waals surface area contributed by atoms with Crippen molar-refractivity contribution in [3.05, 3.63) is 57.1 Å². The normalized spacial score (nSPS) is 10.2. The zero-order valence-electron chi connectivity index (χ0n) is 13.7. The van der Waals surface area contributed by atoms with E-state index >= 15 is 0 Å². The van der Waals surface area contributed by atoms with E-state index in [0.717, 1.165) is 5.56 Å². The van der Waals surface area contributed by atoms with Gasteiger partial charge in [0.1, 0.15) is 0 Å². The summed E-state index contributed by atoms with van der Waals surface area (Å²) in [5.74, 6) is 0.901. The molecule has 1 amide bonds. The van der Waals surface area contributed by atoms with Gasteiger partial charge in [0.15, 0.2) is 11.5 Å². The van der Waals surface area contributed by atoms with Gasteiger partial charge in [-0.15, -0.1) is 0 Å². The van der Waals surface area contributed by atoms with Crippen LogP contribution in [0.15, 0.2) is 36.4 Å². The molecule has 2 rings (SSSR count). The van der Waals surface area contributed by atoms with Crippen LogP contribution in [0.5, 0.6) is 11.5 Å². The van der Waals surface area contributed by atoms with Crippen molar-refractivity contribution in [3.8, 4) is 11.5 Å². The highest BCUT2D eigenvalue weighted by Crippen LogP contribution is 2.29. The fourth-order valence-corrected chi connectivity index (χ4v) is 2.39. The van der Waals surface area contributed by atoms with Gasteiger partial charge in [0.25, 0.3) is 5.69 Å². The zero-order chi connectivity index (χ0) is 18.4. The van der Waals surface area contributed by atoms with Crippen LogP contribution in [0.25, 0.3) is 0 Å². The molecule has 0 bridgehead atoms. The summed E-state index contributed by atoms with van der Waals surface area (Å²) in [4.78, 5) is 22.4. The first-order valence-electron chi connectivity index (χ1n) is 7.39. The van der Waals surface area contributed by atoms with Gasteiger partial charge in [0, 0.05) is 18.6 Å². The van der Waals surface area contributed by atoms with Gasteiger partial charge in [-0.05, 0) is 30.2 Å². The number of benzene rings is 2. The third-order valence-electron chi connectivity index (χ3n) is 3.52. The van der Waals surface area contributed by atoms with Crippen LogP contribution in [0.4, 0.5) is 11.4 Å². The van der Waals surface area contributed by atoms with Crippen molar-refractivity contribution in [3.63, 3.8) is 0 Å². The minimum Gasteiger partial charge on any atom is -0.493 e. The maximum atomic E-state index is 12.1. The zero-order valence-corrected chi connectivity index (χ0v) is 14.5. The molecule has 0 aliphatic carbocycles. The van der Waals surface area contributed by atoms with Crippen LogP contribution in [-0.4, -0.2) is 25.1 Å². The number of hydrogen-bond acceptors (Lipinski definition) is 5. The van der Waals surface area contributed by atoms with E-state index < -0.39 is 4.92 Å². The van der Waals surface area contributed by atoms with Crippen molar-refractivity contribution >= 4 is 28.9 Å². The van der Waals surface area contributed by atoms with Gasteiger partial charge >= 0.3 is 0 Å². The molecular formula is C17H17ClN2O5. The van der Waals surface area contributed by atoms with Gasteiger partial charge in [-0.2, -0.15) is 0 Å². The topological polar surface area (TPSA) is 90.7 Å². The number of amides is 1. The lowest BCUT2D eigenvalue weighted by atomic mass is 10.1. The second-order valence-electron chi connectivity index (χ2n) is 5.16. The average Bonchev–Trinajstić information content (AvgIpc) is 2.61. The number of ether oxygens (including phenoxy) is 2. The lowest BCUT2D eigenvalue weighted by molar-refractivity contribution is -0.384. The predicted molar refractivity (Wildman–Crippen MR) is 94.6 cm³/mol. The Morgan fingerprint density at radius 2 is 1.88 bits per heavy atom. The summed E-state index contributed by atoms with van der Waals surface area (Å²) in [6.45, 7) is 0. The fourth-order valence-electron chi connectivity index (χ4n) is 2.23. The Morgan fingerprint density at radius 3 is 2.52 bits per heavy atom. The van der Waals surface area contributed by atoms with Crippen molar-refractivity contribution in [1.29, 1.82) is 0 Å². The van der Waals surface area contributed by atoms with Crippen molar-refractivity contribution in [1.82, 2.24) is 0 Å². The highest BCUT2D eigenvalue weighted by Gasteiger charge is 2.12. The third-order valence-corrected chi connectivity index (χ3v) is 3.85. The molecule has 0 atom stereocenters. The van der Waals surface area contributed by atoms with Crippen LogP contribution < -0.4 is 14.8 Å². The molecule has 0 aromatic heterocycles. The van der Waals surface area contributed by atoms with E-state index in [1.165, 1.54) is 18.2 Å². The standard InChI is InChI=1S/C17H17ClN2O5/c1-24-15-7-3-11(9-16(15)25-2)4-8-17(21)19-14-10-12(20(22)23)5-6-13(14)18/h3,5-7,9-10H,4,8H2,1-2H3,(H,19,21). The van der Waals surface area contributed by atoms with Crippen LogP contribution in [-0.2, 0) is 11.2 Å². The van der Waals surface area contributed by atoms with Crippen LogP contribution in [0, 0.1) is 10.1 Å². The number of anilines is 1. The summed E-state index contributed by atoms with van der Waals surface area (Å²) < 4.78 is 10.4. The lowest BCUT2D eigenvalue weighted by Gasteiger charge is -2.10. The predicted octanol–water partition coefficient (Wildman–Crippen LogP) is 3.84. The number of non-ortho nitro benzene ring substituents is 1. The maximum Gasteiger partial charge on any atom is 0.271 e. The van der Waals surface area contributed by atoms with Crippen molar-refractivity contribution in [2.45, 2.75) is 12.8 Å². The first kappa shape index (κ1) is 18.5. The van der Waals surface area contributed by atoms with Crippen LogP contribution in [0.3, 0.4) is 0 Å². The highest BCUT2D eigenvalue weighted by molar-refractivity contribution is 6.33. The first-order valence-corrected chi connectivity index (χ1v) is 7.77. The summed E-state index contributed by atoms with van der Waals surface area (Å²) in [5.41, 5.74) is 0.978. The van der Waals surface area contributed by atoms with Gasteiger partial charge in [-0.3, -0.25) is 14.9 Å². The number of rotatable bonds is 7. The SMILES string of the molecule is COc1ccc(CCC(=O)Nc2cc([N+](=O)[O-])ccc2Cl)cc1OC. The average molecular weight is 365 g/mol. The molecule has 132 valence electrons. The number of nitrogens with zero attached hydrogens (tertiary/aromatic N) is 1. The second kappa shape index (κ2) is 8.34. The van der Waals surface area contributed by atoms with E-state index in [-0.39, 0.29) is 28.7 Å². The monoisotopic (exact) mass is 364 g/mol. The molecule has 0 spiro atoms. The number of nitro benzene ring substituents is 1. The van der Waals surface area contributed by atoms with Gasteiger partial charge in [-0.1, -0.05) is 17.7 Å². The molecule has 1 N–H and O–H groups in total. The largest absolute Gasteiger partial charge is 0.493 e. The number of methoxy groups -OCH3 is 2. The summed E-state index contributed by atoms with van der Waals surface area (Å²) in [6.07, 6.45) is 0.660. The van der Waals surface area contributed by atoms with E-state index in [0.29, 0.717) is 17.9 Å². The van der Waals surface area contributed by atoms with Crippen molar-refractivity contribution < 1.29 is 19.2 Å². The first-order chi connectivity index (χ1) is 11.9. The number of halogens is 1. The Kier molecular flexibility index (Phi) is 6.19. The van der Waals surface area contributed by atoms with Gasteiger partial charge in [-0.25, -0.2) is 0 Å². The van der Waals surface area contributed by atoms with Crippen LogP contribution in [0.2, 0.25) is 5.02 Å². The maximum absolute atomic E-state index is 12.1. The van der Waals surface area contributed by atoms with E-state index in [2.05, 4.69) is 5.32 Å². The summed E-state index contributed by atoms with van der Waals surface area (Å²) >= 11 is 5.97. The van der Waals surface area contributed by atoms with Crippen LogP contribution >= 0.6 is 11.6 Å². The summed E-state index contributed by atoms with van der Waals surface area (Å²) in [7, 11) is 3.09. The summed E-state index contributed by atoms with van der Waals surface area (Å²) in [6, 6.07) is 9.30. The molecule has 0 unspecified atom stereocenters. The molecule has 7 nitrogen and oxygen atoms in total. The number of nitro groups is 1. The fraction of sp³-hybridized carbons (Fsp3) is 0.235. The third kappa shape index (κ3) is 4.84. The van der Waals surface area contributed by atoms with Crippen LogP contribution in [0.1, 0.15) is 12.0 Å². The molecule has 2 aromatic carbocycles. The molecule has 0 heterocycles. The Balaban J connectivity index is 2.02. The summed E-state index contributed by atoms with van der Waals surface area (Å²) in [5, 5.41) is 13.6. The molecule has 25 heavy (non-hydrogen) atoms. The van der Waals surface area contributed by atoms with Gasteiger partial charge in [0.05, 0.1) is 29.9 Å². The molecule has 8 heteroatoms. The number of hydrogen-bond donors (Lipinski definition) is 1. The number of aryl methyl sites for hydroxylation is 1. The molecule has 0 saturated heterocycles. The Labute approximate surface area is 149 Å². The molecule has 2 aromatic rings. The Hall–Kier alpha value is -2.80. The van der Waals surface area contributed by atoms with E-state index in [1.54, 1.807) is 26.4 Å². The van der Waals surface area contributed by atoms with E-state index in [9.17, 15) is 14.9 Å². The Morgan fingerprint density at radius 1 is 1.16 bits per heavy atom. The smallest absolute Gasteiger partial charge is 0.271 e. The van der Waals surface area contributed by atoms with Gasteiger partial charge in [0.2, 0.25) is 5.91 Å². The molecule has 0 fully saturated rings. The van der Waals surface area contributed by atoms with Crippen molar-refractivity contribution in [2.24, 2.45) is 0 Å². The quantitative estimate of drug-likeness (QED) is 0.595. The van der Waals surface area contributed by atoms with Gasteiger partial charge < -0.3 is 14.8 Å². The number of nitrogens with one attached hydrogen (secondary N) is 1. The van der Waals surface area contributed by atoms with E-state index in [1.807, 2.05) is 6.07 Å². The molecule has 0 aliphatic heterocycles. The lowest BCUT2D eigenvalue weighted by Crippen LogP contribution is -2.13. The minimum absolute atomic E-state index is 0.139. The number of carbonyl (C=O) groups is 1.